The molecule has 2 atom stereocenters. The zero-order valence-electron chi connectivity index (χ0n) is 15.2. The number of hydrogen-bond donors (Lipinski definition) is 1. The Morgan fingerprint density at radius 3 is 1.62 bits per heavy atom. The van der Waals surface area contributed by atoms with Gasteiger partial charge in [0.05, 0.1) is 0 Å². The predicted octanol–water partition coefficient (Wildman–Crippen LogP) is 5.03. The van der Waals surface area contributed by atoms with Gasteiger partial charge < -0.3 is 5.11 Å². The van der Waals surface area contributed by atoms with Crippen LogP contribution in [0, 0.1) is 5.92 Å². The number of benzene rings is 2. The summed E-state index contributed by atoms with van der Waals surface area (Å²) in [6.45, 7) is 4.44. The highest BCUT2D eigenvalue weighted by Gasteiger charge is 2.45. The number of rotatable bonds is 8. The van der Waals surface area contributed by atoms with Crippen LogP contribution in [0.4, 0.5) is 13.2 Å². The molecule has 0 aliphatic rings. The van der Waals surface area contributed by atoms with Crippen molar-refractivity contribution in [3.05, 3.63) is 71.8 Å². The van der Waals surface area contributed by atoms with Gasteiger partial charge in [-0.25, -0.2) is 0 Å². The number of aliphatic hydroxyl groups is 1. The lowest BCUT2D eigenvalue weighted by atomic mass is 9.96. The third kappa shape index (κ3) is 6.15. The number of halogens is 3. The molecule has 2 aromatic carbocycles. The Morgan fingerprint density at radius 2 is 1.27 bits per heavy atom. The zero-order valence-corrected chi connectivity index (χ0v) is 15.2. The van der Waals surface area contributed by atoms with Gasteiger partial charge in [-0.2, -0.15) is 13.2 Å². The second-order valence-corrected chi connectivity index (χ2v) is 7.06. The first-order chi connectivity index (χ1) is 12.3. The molecule has 0 unspecified atom stereocenters. The first kappa shape index (κ1) is 20.5. The molecule has 0 aromatic heterocycles. The van der Waals surface area contributed by atoms with Crippen LogP contribution in [0.15, 0.2) is 60.7 Å². The molecular formula is C21H26F3NO. The summed E-state index contributed by atoms with van der Waals surface area (Å²) < 4.78 is 39.9. The summed E-state index contributed by atoms with van der Waals surface area (Å²) in [4.78, 5) is 1.74. The largest absolute Gasteiger partial charge is 0.415 e. The van der Waals surface area contributed by atoms with Gasteiger partial charge in [0.1, 0.15) is 0 Å². The smallest absolute Gasteiger partial charge is 0.382 e. The summed E-state index contributed by atoms with van der Waals surface area (Å²) in [5, 5.41) is 10.1. The summed E-state index contributed by atoms with van der Waals surface area (Å²) in [7, 11) is 0. The van der Waals surface area contributed by atoms with E-state index >= 15 is 0 Å². The summed E-state index contributed by atoms with van der Waals surface area (Å²) in [5.41, 5.74) is 1.85. The summed E-state index contributed by atoms with van der Waals surface area (Å²) in [6, 6.07) is 17.8. The molecule has 0 radical (unpaired) electrons. The second-order valence-electron chi connectivity index (χ2n) is 7.06. The Bertz CT molecular complexity index is 602. The second kappa shape index (κ2) is 9.19. The van der Waals surface area contributed by atoms with E-state index in [-0.39, 0.29) is 12.3 Å². The molecule has 2 rings (SSSR count). The third-order valence-electron chi connectivity index (χ3n) is 4.34. The molecule has 0 amide bonds. The molecule has 0 aliphatic heterocycles. The van der Waals surface area contributed by atoms with Crippen LogP contribution >= 0.6 is 0 Å². The lowest BCUT2D eigenvalue weighted by Crippen LogP contribution is -2.50. The highest BCUT2D eigenvalue weighted by molar-refractivity contribution is 5.17. The van der Waals surface area contributed by atoms with Crippen LogP contribution in [0.2, 0.25) is 0 Å². The van der Waals surface area contributed by atoms with Crippen molar-refractivity contribution < 1.29 is 18.3 Å². The Balaban J connectivity index is 2.33. The molecule has 2 aromatic rings. The van der Waals surface area contributed by atoms with E-state index in [1.807, 2.05) is 74.5 Å². The van der Waals surface area contributed by atoms with Crippen molar-refractivity contribution in [2.75, 3.05) is 0 Å². The van der Waals surface area contributed by atoms with Gasteiger partial charge in [0, 0.05) is 19.1 Å². The maximum absolute atomic E-state index is 13.3. The standard InChI is InChI=1S/C21H26F3NO/c1-16(2)13-19(20(26)21(22,23)24)25(14-17-9-5-3-6-10-17)15-18-11-7-4-8-12-18/h3-12,16,19-20,26H,13-15H2,1-2H3/t19-,20+/m0/s1. The van der Waals surface area contributed by atoms with Gasteiger partial charge in [-0.1, -0.05) is 74.5 Å². The zero-order chi connectivity index (χ0) is 19.2. The van der Waals surface area contributed by atoms with E-state index in [9.17, 15) is 18.3 Å². The lowest BCUT2D eigenvalue weighted by Gasteiger charge is -2.37. The van der Waals surface area contributed by atoms with E-state index in [0.29, 0.717) is 13.1 Å². The highest BCUT2D eigenvalue weighted by atomic mass is 19.4. The third-order valence-corrected chi connectivity index (χ3v) is 4.34. The van der Waals surface area contributed by atoms with E-state index in [2.05, 4.69) is 0 Å². The molecule has 5 heteroatoms. The van der Waals surface area contributed by atoms with Crippen LogP contribution < -0.4 is 0 Å². The topological polar surface area (TPSA) is 23.5 Å². The van der Waals surface area contributed by atoms with Gasteiger partial charge >= 0.3 is 6.18 Å². The molecule has 0 aliphatic carbocycles. The molecule has 0 saturated heterocycles. The van der Waals surface area contributed by atoms with Crippen molar-refractivity contribution in [3.8, 4) is 0 Å². The summed E-state index contributed by atoms with van der Waals surface area (Å²) >= 11 is 0. The first-order valence-corrected chi connectivity index (χ1v) is 8.84. The molecule has 0 bridgehead atoms. The molecule has 0 saturated carbocycles. The summed E-state index contributed by atoms with van der Waals surface area (Å²) in [5.74, 6) is 0.0334. The van der Waals surface area contributed by atoms with Crippen molar-refractivity contribution in [2.24, 2.45) is 5.92 Å². The van der Waals surface area contributed by atoms with Crippen molar-refractivity contribution >= 4 is 0 Å². The minimum absolute atomic E-state index is 0.0334. The van der Waals surface area contributed by atoms with E-state index in [1.54, 1.807) is 4.90 Å². The van der Waals surface area contributed by atoms with Crippen LogP contribution in [0.5, 0.6) is 0 Å². The molecular weight excluding hydrogens is 339 g/mol. The van der Waals surface area contributed by atoms with E-state index in [1.165, 1.54) is 0 Å². The molecule has 0 fully saturated rings. The SMILES string of the molecule is CC(C)C[C@@H]([C@@H](O)C(F)(F)F)N(Cc1ccccc1)Cc1ccccc1. The van der Waals surface area contributed by atoms with Crippen molar-refractivity contribution in [2.45, 2.75) is 51.7 Å². The van der Waals surface area contributed by atoms with Crippen molar-refractivity contribution in [3.63, 3.8) is 0 Å². The van der Waals surface area contributed by atoms with Gasteiger partial charge in [0.25, 0.3) is 0 Å². The van der Waals surface area contributed by atoms with Crippen LogP contribution in [-0.4, -0.2) is 28.3 Å². The van der Waals surface area contributed by atoms with Gasteiger partial charge in [-0.05, 0) is 23.5 Å². The quantitative estimate of drug-likeness (QED) is 0.709. The van der Waals surface area contributed by atoms with E-state index in [4.69, 9.17) is 0 Å². The lowest BCUT2D eigenvalue weighted by molar-refractivity contribution is -0.224. The number of hydrogen-bond acceptors (Lipinski definition) is 2. The van der Waals surface area contributed by atoms with Crippen molar-refractivity contribution in [1.29, 1.82) is 0 Å². The van der Waals surface area contributed by atoms with Crippen LogP contribution in [0.3, 0.4) is 0 Å². The Labute approximate surface area is 153 Å². The fourth-order valence-corrected chi connectivity index (χ4v) is 3.11. The summed E-state index contributed by atoms with van der Waals surface area (Å²) in [6.07, 6.45) is -6.76. The average molecular weight is 365 g/mol. The van der Waals surface area contributed by atoms with Gasteiger partial charge in [-0.15, -0.1) is 0 Å². The molecule has 26 heavy (non-hydrogen) atoms. The minimum Gasteiger partial charge on any atom is -0.382 e. The number of alkyl halides is 3. The average Bonchev–Trinajstić information content (AvgIpc) is 2.59. The van der Waals surface area contributed by atoms with E-state index < -0.39 is 18.3 Å². The fraction of sp³-hybridized carbons (Fsp3) is 0.429. The maximum Gasteiger partial charge on any atom is 0.415 e. The molecule has 2 nitrogen and oxygen atoms in total. The molecule has 0 spiro atoms. The van der Waals surface area contributed by atoms with Crippen LogP contribution in [-0.2, 0) is 13.1 Å². The van der Waals surface area contributed by atoms with Gasteiger partial charge in [-0.3, -0.25) is 4.90 Å². The highest BCUT2D eigenvalue weighted by Crippen LogP contribution is 2.30. The molecule has 1 N–H and O–H groups in total. The first-order valence-electron chi connectivity index (χ1n) is 8.84. The molecule has 142 valence electrons. The normalized spacial score (nSPS) is 14.6. The van der Waals surface area contributed by atoms with Crippen LogP contribution in [0.1, 0.15) is 31.4 Å². The fourth-order valence-electron chi connectivity index (χ4n) is 3.11. The molecule has 0 heterocycles. The Hall–Kier alpha value is -1.85. The maximum atomic E-state index is 13.3. The number of aliphatic hydroxyl groups excluding tert-OH is 1. The monoisotopic (exact) mass is 365 g/mol. The van der Waals surface area contributed by atoms with Gasteiger partial charge in [0.2, 0.25) is 0 Å². The van der Waals surface area contributed by atoms with Crippen LogP contribution in [0.25, 0.3) is 0 Å². The Kier molecular flexibility index (Phi) is 7.23. The predicted molar refractivity (Wildman–Crippen MR) is 97.4 cm³/mol. The number of nitrogens with zero attached hydrogens (tertiary/aromatic N) is 1. The van der Waals surface area contributed by atoms with Crippen molar-refractivity contribution in [1.82, 2.24) is 4.90 Å². The Morgan fingerprint density at radius 1 is 0.846 bits per heavy atom. The van der Waals surface area contributed by atoms with Gasteiger partial charge in [0.15, 0.2) is 6.10 Å². The van der Waals surface area contributed by atoms with E-state index in [0.717, 1.165) is 11.1 Å². The minimum atomic E-state index is -4.65.